The van der Waals surface area contributed by atoms with E-state index in [1.54, 1.807) is 7.11 Å². The van der Waals surface area contributed by atoms with Crippen LogP contribution in [0.25, 0.3) is 0 Å². The molecule has 1 aromatic carbocycles. The van der Waals surface area contributed by atoms with Crippen molar-refractivity contribution in [2.24, 2.45) is 0 Å². The molecule has 0 atom stereocenters. The van der Waals surface area contributed by atoms with Crippen LogP contribution in [-0.4, -0.2) is 44.1 Å². The quantitative estimate of drug-likeness (QED) is 0.914. The van der Waals surface area contributed by atoms with Crippen LogP contribution in [0.15, 0.2) is 24.3 Å². The second-order valence-electron chi connectivity index (χ2n) is 4.51. The zero-order chi connectivity index (χ0) is 12.8. The Morgan fingerprint density at radius 2 is 2.21 bits per heavy atom. The van der Waals surface area contributed by atoms with Crippen LogP contribution >= 0.6 is 12.4 Å². The van der Waals surface area contributed by atoms with Gasteiger partial charge in [0.15, 0.2) is 0 Å². The number of ether oxygens (including phenoxy) is 1. The van der Waals surface area contributed by atoms with Crippen LogP contribution in [-0.2, 0) is 11.2 Å². The molecule has 106 valence electrons. The molecular weight excluding hydrogens is 264 g/mol. The minimum absolute atomic E-state index is 0. The molecule has 0 saturated carbocycles. The first-order valence-corrected chi connectivity index (χ1v) is 6.41. The van der Waals surface area contributed by atoms with Crippen LogP contribution in [0.5, 0.6) is 5.75 Å². The van der Waals surface area contributed by atoms with E-state index in [1.807, 2.05) is 29.2 Å². The lowest BCUT2D eigenvalue weighted by Gasteiger charge is -2.20. The van der Waals surface area contributed by atoms with E-state index in [2.05, 4.69) is 5.32 Å². The SMILES string of the molecule is COc1cccc(CC(=O)N2CCCNCC2)c1.Cl. The van der Waals surface area contributed by atoms with Gasteiger partial charge in [-0.15, -0.1) is 12.4 Å². The number of carbonyl (C=O) groups is 1. The van der Waals surface area contributed by atoms with Crippen molar-refractivity contribution < 1.29 is 9.53 Å². The summed E-state index contributed by atoms with van der Waals surface area (Å²) >= 11 is 0. The maximum atomic E-state index is 12.2. The number of hydrogen-bond donors (Lipinski definition) is 1. The Bertz CT molecular complexity index is 404. The zero-order valence-electron chi connectivity index (χ0n) is 11.2. The molecule has 1 aliphatic heterocycles. The van der Waals surface area contributed by atoms with Gasteiger partial charge in [-0.25, -0.2) is 0 Å². The van der Waals surface area contributed by atoms with Crippen LogP contribution in [0, 0.1) is 0 Å². The van der Waals surface area contributed by atoms with E-state index in [0.717, 1.165) is 43.9 Å². The molecule has 5 heteroatoms. The van der Waals surface area contributed by atoms with Gasteiger partial charge in [0.25, 0.3) is 0 Å². The highest BCUT2D eigenvalue weighted by atomic mass is 35.5. The summed E-state index contributed by atoms with van der Waals surface area (Å²) in [7, 11) is 1.64. The molecule has 1 aliphatic rings. The lowest BCUT2D eigenvalue weighted by atomic mass is 10.1. The highest BCUT2D eigenvalue weighted by molar-refractivity contribution is 5.85. The van der Waals surface area contributed by atoms with E-state index >= 15 is 0 Å². The molecule has 0 aliphatic carbocycles. The van der Waals surface area contributed by atoms with Gasteiger partial charge in [-0.3, -0.25) is 4.79 Å². The fourth-order valence-corrected chi connectivity index (χ4v) is 2.16. The Balaban J connectivity index is 0.00000180. The van der Waals surface area contributed by atoms with Crippen molar-refractivity contribution in [3.8, 4) is 5.75 Å². The lowest BCUT2D eigenvalue weighted by Crippen LogP contribution is -2.35. The van der Waals surface area contributed by atoms with Crippen LogP contribution < -0.4 is 10.1 Å². The Hall–Kier alpha value is -1.26. The third-order valence-electron chi connectivity index (χ3n) is 3.18. The molecule has 1 fully saturated rings. The molecule has 19 heavy (non-hydrogen) atoms. The van der Waals surface area contributed by atoms with Crippen molar-refractivity contribution in [2.45, 2.75) is 12.8 Å². The van der Waals surface area contributed by atoms with Gasteiger partial charge in [0.1, 0.15) is 5.75 Å². The highest BCUT2D eigenvalue weighted by Crippen LogP contribution is 2.14. The number of carbonyl (C=O) groups excluding carboxylic acids is 1. The molecule has 1 amide bonds. The molecule has 0 unspecified atom stereocenters. The first kappa shape index (κ1) is 15.8. The summed E-state index contributed by atoms with van der Waals surface area (Å²) in [5.41, 5.74) is 1.01. The Morgan fingerprint density at radius 3 is 3.00 bits per heavy atom. The number of methoxy groups -OCH3 is 1. The molecule has 0 aromatic heterocycles. The normalized spacial score (nSPS) is 15.3. The first-order chi connectivity index (χ1) is 8.79. The van der Waals surface area contributed by atoms with E-state index in [0.29, 0.717) is 6.42 Å². The number of hydrogen-bond acceptors (Lipinski definition) is 3. The number of nitrogens with zero attached hydrogens (tertiary/aromatic N) is 1. The van der Waals surface area contributed by atoms with Crippen LogP contribution in [0.4, 0.5) is 0 Å². The van der Waals surface area contributed by atoms with Crippen LogP contribution in [0.3, 0.4) is 0 Å². The van der Waals surface area contributed by atoms with E-state index in [9.17, 15) is 4.79 Å². The van der Waals surface area contributed by atoms with Crippen molar-refractivity contribution in [1.82, 2.24) is 10.2 Å². The molecular formula is C14H21ClN2O2. The van der Waals surface area contributed by atoms with Crippen molar-refractivity contribution in [3.05, 3.63) is 29.8 Å². The number of amides is 1. The highest BCUT2D eigenvalue weighted by Gasteiger charge is 2.15. The molecule has 0 radical (unpaired) electrons. The molecule has 1 aromatic rings. The molecule has 0 bridgehead atoms. The van der Waals surface area contributed by atoms with E-state index in [4.69, 9.17) is 4.74 Å². The third-order valence-corrected chi connectivity index (χ3v) is 3.18. The van der Waals surface area contributed by atoms with Gasteiger partial charge in [0.2, 0.25) is 5.91 Å². The van der Waals surface area contributed by atoms with Gasteiger partial charge in [-0.1, -0.05) is 12.1 Å². The predicted molar refractivity (Wildman–Crippen MR) is 78.0 cm³/mol. The Labute approximate surface area is 120 Å². The summed E-state index contributed by atoms with van der Waals surface area (Å²) in [6.07, 6.45) is 1.49. The minimum atomic E-state index is 0. The van der Waals surface area contributed by atoms with Crippen LogP contribution in [0.1, 0.15) is 12.0 Å². The maximum Gasteiger partial charge on any atom is 0.227 e. The van der Waals surface area contributed by atoms with Gasteiger partial charge in [0, 0.05) is 19.6 Å². The fraction of sp³-hybridized carbons (Fsp3) is 0.500. The second kappa shape index (κ2) is 8.02. The average molecular weight is 285 g/mol. The van der Waals surface area contributed by atoms with E-state index < -0.39 is 0 Å². The summed E-state index contributed by atoms with van der Waals surface area (Å²) in [6, 6.07) is 7.71. The topological polar surface area (TPSA) is 41.6 Å². The van der Waals surface area contributed by atoms with Crippen molar-refractivity contribution >= 4 is 18.3 Å². The fourth-order valence-electron chi connectivity index (χ4n) is 2.16. The number of rotatable bonds is 3. The average Bonchev–Trinajstić information content (AvgIpc) is 2.68. The summed E-state index contributed by atoms with van der Waals surface area (Å²) in [5.74, 6) is 1.00. The lowest BCUT2D eigenvalue weighted by molar-refractivity contribution is -0.130. The second-order valence-corrected chi connectivity index (χ2v) is 4.51. The largest absolute Gasteiger partial charge is 0.497 e. The summed E-state index contributed by atoms with van der Waals surface area (Å²) in [6.45, 7) is 3.56. The van der Waals surface area contributed by atoms with Gasteiger partial charge in [-0.2, -0.15) is 0 Å². The molecule has 4 nitrogen and oxygen atoms in total. The van der Waals surface area contributed by atoms with Gasteiger partial charge in [-0.05, 0) is 30.7 Å². The number of nitrogens with one attached hydrogen (secondary N) is 1. The van der Waals surface area contributed by atoms with Crippen molar-refractivity contribution in [3.63, 3.8) is 0 Å². The Morgan fingerprint density at radius 1 is 1.37 bits per heavy atom. The molecule has 2 rings (SSSR count). The third kappa shape index (κ3) is 4.73. The summed E-state index contributed by atoms with van der Waals surface area (Å²) in [4.78, 5) is 14.1. The monoisotopic (exact) mass is 284 g/mol. The number of halogens is 1. The molecule has 1 heterocycles. The standard InChI is InChI=1S/C14H20N2O2.ClH/c1-18-13-5-2-4-12(10-13)11-14(17)16-8-3-6-15-7-9-16;/h2,4-5,10,15H,3,6-9,11H2,1H3;1H. The molecule has 1 N–H and O–H groups in total. The predicted octanol–water partition coefficient (Wildman–Crippen LogP) is 1.48. The Kier molecular flexibility index (Phi) is 6.67. The smallest absolute Gasteiger partial charge is 0.227 e. The van der Waals surface area contributed by atoms with Crippen LogP contribution in [0.2, 0.25) is 0 Å². The summed E-state index contributed by atoms with van der Waals surface area (Å²) < 4.78 is 5.17. The molecule has 0 spiro atoms. The number of benzene rings is 1. The summed E-state index contributed by atoms with van der Waals surface area (Å²) in [5, 5.41) is 3.30. The van der Waals surface area contributed by atoms with Crippen molar-refractivity contribution in [2.75, 3.05) is 33.3 Å². The van der Waals surface area contributed by atoms with E-state index in [1.165, 1.54) is 0 Å². The molecule has 1 saturated heterocycles. The van der Waals surface area contributed by atoms with E-state index in [-0.39, 0.29) is 18.3 Å². The van der Waals surface area contributed by atoms with Gasteiger partial charge >= 0.3 is 0 Å². The van der Waals surface area contributed by atoms with Gasteiger partial charge in [0.05, 0.1) is 13.5 Å². The van der Waals surface area contributed by atoms with Crippen molar-refractivity contribution in [1.29, 1.82) is 0 Å². The zero-order valence-corrected chi connectivity index (χ0v) is 12.0. The first-order valence-electron chi connectivity index (χ1n) is 6.41. The van der Waals surface area contributed by atoms with Gasteiger partial charge < -0.3 is 15.0 Å². The minimum Gasteiger partial charge on any atom is -0.497 e. The maximum absolute atomic E-state index is 12.2.